The van der Waals surface area contributed by atoms with Crippen LogP contribution in [0.25, 0.3) is 0 Å². The van der Waals surface area contributed by atoms with Gasteiger partial charge in [-0.3, -0.25) is 0 Å². The van der Waals surface area contributed by atoms with Gasteiger partial charge in [0, 0.05) is 28.7 Å². The first-order valence-corrected chi connectivity index (χ1v) is 6.34. The average molecular weight is 267 g/mol. The number of nitrogens with one attached hydrogen (secondary N) is 2. The molecule has 0 radical (unpaired) electrons. The molecule has 2 aliphatic rings. The van der Waals surface area contributed by atoms with E-state index in [1.54, 1.807) is 0 Å². The van der Waals surface area contributed by atoms with Crippen molar-refractivity contribution in [1.82, 2.24) is 5.32 Å². The lowest BCUT2D eigenvalue weighted by Gasteiger charge is -2.36. The molecule has 0 aliphatic carbocycles. The van der Waals surface area contributed by atoms with Crippen molar-refractivity contribution in [2.24, 2.45) is 0 Å². The van der Waals surface area contributed by atoms with Crippen molar-refractivity contribution in [3.05, 3.63) is 28.2 Å². The number of fused-ring (bicyclic) bond motifs is 2. The Morgan fingerprint density at radius 1 is 1.20 bits per heavy atom. The molecule has 1 aromatic carbocycles. The standard InChI is InChI=1S/C12H15BrN2/c13-9-1-2-11-10(7-9)12(4-6-15-11)3-5-14-8-12/h1-2,7,14-15H,3-6,8H2. The first kappa shape index (κ1) is 9.67. The molecule has 0 aromatic heterocycles. The van der Waals surface area contributed by atoms with Crippen molar-refractivity contribution >= 4 is 21.6 Å². The van der Waals surface area contributed by atoms with Gasteiger partial charge in [0.1, 0.15) is 0 Å². The van der Waals surface area contributed by atoms with Crippen molar-refractivity contribution in [3.63, 3.8) is 0 Å². The predicted molar refractivity (Wildman–Crippen MR) is 66.4 cm³/mol. The predicted octanol–water partition coefficient (Wildman–Crippen LogP) is 2.50. The summed E-state index contributed by atoms with van der Waals surface area (Å²) in [6.45, 7) is 3.40. The summed E-state index contributed by atoms with van der Waals surface area (Å²) in [4.78, 5) is 0. The second-order valence-electron chi connectivity index (χ2n) is 4.57. The number of benzene rings is 1. The van der Waals surface area contributed by atoms with Gasteiger partial charge in [-0.1, -0.05) is 15.9 Å². The zero-order chi connectivity index (χ0) is 10.3. The second kappa shape index (κ2) is 3.49. The summed E-state index contributed by atoms with van der Waals surface area (Å²) in [5, 5.41) is 6.99. The summed E-state index contributed by atoms with van der Waals surface area (Å²) in [6.07, 6.45) is 2.53. The zero-order valence-electron chi connectivity index (χ0n) is 8.65. The summed E-state index contributed by atoms with van der Waals surface area (Å²) in [5.74, 6) is 0. The molecule has 2 heterocycles. The van der Waals surface area contributed by atoms with Gasteiger partial charge in [0.15, 0.2) is 0 Å². The largest absolute Gasteiger partial charge is 0.385 e. The first-order valence-electron chi connectivity index (χ1n) is 5.55. The van der Waals surface area contributed by atoms with Gasteiger partial charge in [0.25, 0.3) is 0 Å². The Labute approximate surface area is 98.6 Å². The molecule has 0 bridgehead atoms. The third-order valence-electron chi connectivity index (χ3n) is 3.72. The highest BCUT2D eigenvalue weighted by atomic mass is 79.9. The van der Waals surface area contributed by atoms with Gasteiger partial charge in [-0.2, -0.15) is 0 Å². The molecule has 80 valence electrons. The van der Waals surface area contributed by atoms with Crippen LogP contribution >= 0.6 is 15.9 Å². The number of halogens is 1. The quantitative estimate of drug-likeness (QED) is 0.754. The van der Waals surface area contributed by atoms with Crippen LogP contribution in [-0.2, 0) is 5.41 Å². The highest BCUT2D eigenvalue weighted by Gasteiger charge is 2.39. The van der Waals surface area contributed by atoms with Gasteiger partial charge in [-0.25, -0.2) is 0 Å². The van der Waals surface area contributed by atoms with Crippen molar-refractivity contribution in [3.8, 4) is 0 Å². The molecule has 15 heavy (non-hydrogen) atoms. The fourth-order valence-corrected chi connectivity index (χ4v) is 3.23. The molecule has 0 amide bonds. The maximum absolute atomic E-state index is 3.57. The van der Waals surface area contributed by atoms with Crippen LogP contribution in [0.3, 0.4) is 0 Å². The molecule has 3 rings (SSSR count). The van der Waals surface area contributed by atoms with Crippen LogP contribution < -0.4 is 10.6 Å². The Balaban J connectivity index is 2.12. The van der Waals surface area contributed by atoms with Crippen LogP contribution in [-0.4, -0.2) is 19.6 Å². The van der Waals surface area contributed by atoms with E-state index in [0.29, 0.717) is 5.41 Å². The molecule has 1 saturated heterocycles. The number of rotatable bonds is 0. The summed E-state index contributed by atoms with van der Waals surface area (Å²) < 4.78 is 1.19. The zero-order valence-corrected chi connectivity index (χ0v) is 10.2. The monoisotopic (exact) mass is 266 g/mol. The summed E-state index contributed by atoms with van der Waals surface area (Å²) in [6, 6.07) is 6.60. The van der Waals surface area contributed by atoms with Gasteiger partial charge < -0.3 is 10.6 Å². The Kier molecular flexibility index (Phi) is 2.25. The molecule has 0 saturated carbocycles. The first-order chi connectivity index (χ1) is 7.30. The Morgan fingerprint density at radius 2 is 2.07 bits per heavy atom. The van der Waals surface area contributed by atoms with Gasteiger partial charge in [-0.05, 0) is 43.1 Å². The van der Waals surface area contributed by atoms with Gasteiger partial charge >= 0.3 is 0 Å². The number of hydrogen-bond acceptors (Lipinski definition) is 2. The minimum absolute atomic E-state index is 0.393. The molecular weight excluding hydrogens is 252 g/mol. The maximum atomic E-state index is 3.57. The maximum Gasteiger partial charge on any atom is 0.0379 e. The van der Waals surface area contributed by atoms with Crippen LogP contribution in [0.2, 0.25) is 0 Å². The van der Waals surface area contributed by atoms with Crippen LogP contribution in [0.4, 0.5) is 5.69 Å². The van der Waals surface area contributed by atoms with E-state index in [4.69, 9.17) is 0 Å². The molecule has 2 N–H and O–H groups in total. The second-order valence-corrected chi connectivity index (χ2v) is 5.49. The molecule has 2 aliphatic heterocycles. The molecule has 3 heteroatoms. The third-order valence-corrected chi connectivity index (χ3v) is 4.21. The molecule has 1 aromatic rings. The van der Waals surface area contributed by atoms with Crippen molar-refractivity contribution in [2.45, 2.75) is 18.3 Å². The molecule has 1 spiro atoms. The minimum Gasteiger partial charge on any atom is -0.385 e. The fraction of sp³-hybridized carbons (Fsp3) is 0.500. The van der Waals surface area contributed by atoms with Gasteiger partial charge in [0.2, 0.25) is 0 Å². The van der Waals surface area contributed by atoms with E-state index in [2.05, 4.69) is 44.8 Å². The average Bonchev–Trinajstić information content (AvgIpc) is 2.69. The lowest BCUT2D eigenvalue weighted by Crippen LogP contribution is -2.35. The van der Waals surface area contributed by atoms with E-state index in [-0.39, 0.29) is 0 Å². The Morgan fingerprint density at radius 3 is 2.87 bits per heavy atom. The lowest BCUT2D eigenvalue weighted by atomic mass is 9.74. The Hall–Kier alpha value is -0.540. The normalized spacial score (nSPS) is 28.9. The van der Waals surface area contributed by atoms with Crippen LogP contribution in [0.15, 0.2) is 22.7 Å². The van der Waals surface area contributed by atoms with Gasteiger partial charge in [0.05, 0.1) is 0 Å². The van der Waals surface area contributed by atoms with Crippen molar-refractivity contribution in [1.29, 1.82) is 0 Å². The summed E-state index contributed by atoms with van der Waals surface area (Å²) >= 11 is 3.57. The SMILES string of the molecule is Brc1ccc2c(c1)C1(CCNC1)CCN2. The lowest BCUT2D eigenvalue weighted by molar-refractivity contribution is 0.434. The highest BCUT2D eigenvalue weighted by molar-refractivity contribution is 9.10. The highest BCUT2D eigenvalue weighted by Crippen LogP contribution is 2.42. The molecule has 1 unspecified atom stereocenters. The Bertz CT molecular complexity index is 383. The molecular formula is C12H15BrN2. The van der Waals surface area contributed by atoms with E-state index in [0.717, 1.165) is 19.6 Å². The summed E-state index contributed by atoms with van der Waals surface area (Å²) in [7, 11) is 0. The van der Waals surface area contributed by atoms with E-state index < -0.39 is 0 Å². The third kappa shape index (κ3) is 1.49. The molecule has 1 atom stereocenters. The molecule has 2 nitrogen and oxygen atoms in total. The van der Waals surface area contributed by atoms with E-state index >= 15 is 0 Å². The molecule has 1 fully saturated rings. The van der Waals surface area contributed by atoms with E-state index in [9.17, 15) is 0 Å². The number of anilines is 1. The topological polar surface area (TPSA) is 24.1 Å². The number of hydrogen-bond donors (Lipinski definition) is 2. The van der Waals surface area contributed by atoms with Crippen molar-refractivity contribution < 1.29 is 0 Å². The fourth-order valence-electron chi connectivity index (χ4n) is 2.87. The summed E-state index contributed by atoms with van der Waals surface area (Å²) in [5.41, 5.74) is 3.21. The van der Waals surface area contributed by atoms with Crippen LogP contribution in [0.1, 0.15) is 18.4 Å². The van der Waals surface area contributed by atoms with E-state index in [1.165, 1.54) is 28.6 Å². The van der Waals surface area contributed by atoms with Crippen LogP contribution in [0, 0.1) is 0 Å². The van der Waals surface area contributed by atoms with Crippen LogP contribution in [0.5, 0.6) is 0 Å². The smallest absolute Gasteiger partial charge is 0.0379 e. The minimum atomic E-state index is 0.393. The van der Waals surface area contributed by atoms with Gasteiger partial charge in [-0.15, -0.1) is 0 Å². The van der Waals surface area contributed by atoms with E-state index in [1.807, 2.05) is 0 Å². The van der Waals surface area contributed by atoms with Crippen molar-refractivity contribution in [2.75, 3.05) is 25.0 Å².